The maximum absolute atomic E-state index is 14.0. The first kappa shape index (κ1) is 34.9. The van der Waals surface area contributed by atoms with E-state index in [4.69, 9.17) is 8.83 Å². The summed E-state index contributed by atoms with van der Waals surface area (Å²) < 4.78 is 67.0. The molecule has 4 heterocycles. The number of anilines is 1. The molecule has 4 aromatic carbocycles. The van der Waals surface area contributed by atoms with Gasteiger partial charge in [-0.2, -0.15) is 0 Å². The van der Waals surface area contributed by atoms with Gasteiger partial charge in [0.1, 0.15) is 23.7 Å². The first-order valence-electron chi connectivity index (χ1n) is 17.2. The molecule has 14 heteroatoms. The van der Waals surface area contributed by atoms with E-state index in [1.54, 1.807) is 42.2 Å². The first-order chi connectivity index (χ1) is 26.0. The number of halogens is 2. The van der Waals surface area contributed by atoms with Crippen LogP contribution >= 0.6 is 0 Å². The number of hydrogen-bond acceptors (Lipinski definition) is 8. The highest BCUT2D eigenvalue weighted by atomic mass is 32.2. The lowest BCUT2D eigenvalue weighted by Gasteiger charge is -2.30. The van der Waals surface area contributed by atoms with Crippen molar-refractivity contribution in [3.63, 3.8) is 0 Å². The van der Waals surface area contributed by atoms with Crippen molar-refractivity contribution in [2.75, 3.05) is 36.9 Å². The van der Waals surface area contributed by atoms with Crippen LogP contribution in [0.1, 0.15) is 40.5 Å². The van der Waals surface area contributed by atoms with E-state index in [-0.39, 0.29) is 33.7 Å². The number of piperidine rings is 1. The molecular weight excluding hydrogens is 717 g/mol. The molecule has 0 radical (unpaired) electrons. The average Bonchev–Trinajstić information content (AvgIpc) is 3.76. The predicted octanol–water partition coefficient (Wildman–Crippen LogP) is 7.40. The molecule has 0 spiro atoms. The third-order valence-corrected chi connectivity index (χ3v) is 10.9. The number of likely N-dealkylation sites (tertiary alicyclic amines) is 1. The van der Waals surface area contributed by atoms with Gasteiger partial charge in [-0.1, -0.05) is 48.0 Å². The molecule has 8 rings (SSSR count). The Morgan fingerprint density at radius 1 is 0.926 bits per heavy atom. The van der Waals surface area contributed by atoms with Crippen molar-refractivity contribution in [1.82, 2.24) is 20.1 Å². The summed E-state index contributed by atoms with van der Waals surface area (Å²) in [4.78, 5) is 31.9. The number of rotatable bonds is 8. The topological polar surface area (TPSA) is 143 Å². The molecule has 7 aromatic rings. The van der Waals surface area contributed by atoms with Gasteiger partial charge >= 0.3 is 0 Å². The molecule has 1 amide bonds. The van der Waals surface area contributed by atoms with Gasteiger partial charge in [-0.25, -0.2) is 17.2 Å². The number of carbonyl (C=O) groups is 1. The molecule has 1 saturated heterocycles. The van der Waals surface area contributed by atoms with Crippen LogP contribution in [0.25, 0.3) is 49.5 Å². The lowest BCUT2D eigenvalue weighted by Crippen LogP contribution is -2.36. The van der Waals surface area contributed by atoms with Gasteiger partial charge in [0.25, 0.3) is 11.5 Å². The number of benzene rings is 4. The number of amides is 1. The zero-order chi connectivity index (χ0) is 37.7. The number of H-pyrrole nitrogens is 1. The summed E-state index contributed by atoms with van der Waals surface area (Å²) >= 11 is 0. The second kappa shape index (κ2) is 13.7. The number of fused-ring (bicyclic) bond motifs is 5. The van der Waals surface area contributed by atoms with Crippen LogP contribution in [-0.4, -0.2) is 67.0 Å². The Hall–Kier alpha value is -6.15. The molecule has 1 aliphatic heterocycles. The summed E-state index contributed by atoms with van der Waals surface area (Å²) in [5, 5.41) is 9.30. The summed E-state index contributed by atoms with van der Waals surface area (Å²) in [5.41, 5.74) is 4.24. The highest BCUT2D eigenvalue weighted by molar-refractivity contribution is 7.92. The number of nitrogens with zero attached hydrogens (tertiary/aromatic N) is 4. The summed E-state index contributed by atoms with van der Waals surface area (Å²) in [5.74, 6) is 0.122. The van der Waals surface area contributed by atoms with E-state index in [9.17, 15) is 26.8 Å². The molecule has 0 bridgehead atoms. The monoisotopic (exact) mass is 749 g/mol. The SMILES string of the molecule is Cc1nnc(C(=C2CCN(C(=O)c3cccc(-c4cc5c(cc4N(CCF)S(C)(=O)=O)oc4c6ccc(F)cc6[nH]c(=O)c54)c3)CC2)c2ccccc2)o1. The molecule has 1 fully saturated rings. The molecule has 0 aliphatic carbocycles. The maximum atomic E-state index is 14.0. The predicted molar refractivity (Wildman–Crippen MR) is 202 cm³/mol. The second-order valence-corrected chi connectivity index (χ2v) is 15.1. The van der Waals surface area contributed by atoms with Crippen LogP contribution in [0.15, 0.2) is 104 Å². The quantitative estimate of drug-likeness (QED) is 0.169. The molecule has 54 heavy (non-hydrogen) atoms. The van der Waals surface area contributed by atoms with Crippen LogP contribution in [0.5, 0.6) is 0 Å². The van der Waals surface area contributed by atoms with Gasteiger partial charge in [0.15, 0.2) is 0 Å². The van der Waals surface area contributed by atoms with Crippen molar-refractivity contribution in [2.24, 2.45) is 0 Å². The zero-order valence-electron chi connectivity index (χ0n) is 29.2. The average molecular weight is 750 g/mol. The van der Waals surface area contributed by atoms with Crippen molar-refractivity contribution in [2.45, 2.75) is 19.8 Å². The van der Waals surface area contributed by atoms with E-state index >= 15 is 0 Å². The van der Waals surface area contributed by atoms with Crippen LogP contribution in [0.4, 0.5) is 14.5 Å². The molecule has 0 atom stereocenters. The van der Waals surface area contributed by atoms with Crippen molar-refractivity contribution in [3.05, 3.63) is 130 Å². The molecular formula is C40H33F2N5O6S. The lowest BCUT2D eigenvalue weighted by molar-refractivity contribution is 0.0744. The van der Waals surface area contributed by atoms with Gasteiger partial charge < -0.3 is 18.7 Å². The molecule has 3 aromatic heterocycles. The van der Waals surface area contributed by atoms with Crippen molar-refractivity contribution < 1.29 is 30.8 Å². The van der Waals surface area contributed by atoms with Crippen LogP contribution in [0, 0.1) is 12.7 Å². The summed E-state index contributed by atoms with van der Waals surface area (Å²) in [6, 6.07) is 23.5. The molecule has 274 valence electrons. The van der Waals surface area contributed by atoms with E-state index in [0.29, 0.717) is 65.2 Å². The van der Waals surface area contributed by atoms with Crippen LogP contribution in [-0.2, 0) is 10.0 Å². The standard InChI is InChI=1S/C40H33F2N5O6S/c1-23-44-45-39(52-23)35(24-7-4-3-5-8-24)25-13-16-46(17-14-25)40(49)27-10-6-9-26(19-27)30-21-31-34(22-33(30)47(18-15-41)54(2,50)51)53-37-29-12-11-28(42)20-32(29)43-38(48)36(31)37/h3-12,19-22H,13-18H2,1-2H3,(H,43,48). The number of aromatic nitrogens is 3. The third-order valence-electron chi connectivity index (χ3n) is 9.70. The Balaban J connectivity index is 1.19. The smallest absolute Gasteiger partial charge is 0.260 e. The second-order valence-electron chi connectivity index (χ2n) is 13.2. The Morgan fingerprint density at radius 2 is 1.69 bits per heavy atom. The van der Waals surface area contributed by atoms with E-state index in [1.807, 2.05) is 30.3 Å². The van der Waals surface area contributed by atoms with Crippen molar-refractivity contribution in [1.29, 1.82) is 0 Å². The molecule has 0 unspecified atom stereocenters. The highest BCUT2D eigenvalue weighted by Gasteiger charge is 2.28. The van der Waals surface area contributed by atoms with E-state index in [2.05, 4.69) is 15.2 Å². The van der Waals surface area contributed by atoms with Gasteiger partial charge in [-0.15, -0.1) is 10.2 Å². The number of pyridine rings is 1. The fraction of sp³-hybridized carbons (Fsp3) is 0.200. The van der Waals surface area contributed by atoms with Crippen molar-refractivity contribution >= 4 is 60.0 Å². The minimum atomic E-state index is -4.00. The number of hydrogen-bond donors (Lipinski definition) is 1. The Bertz CT molecular complexity index is 2800. The van der Waals surface area contributed by atoms with Gasteiger partial charge in [0.05, 0.1) is 29.4 Å². The van der Waals surface area contributed by atoms with Gasteiger partial charge in [-0.3, -0.25) is 13.9 Å². The largest absolute Gasteiger partial charge is 0.455 e. The first-order valence-corrected chi connectivity index (χ1v) is 19.1. The van der Waals surface area contributed by atoms with Crippen LogP contribution < -0.4 is 9.86 Å². The summed E-state index contributed by atoms with van der Waals surface area (Å²) in [7, 11) is -4.00. The number of nitrogens with one attached hydrogen (secondary N) is 1. The number of aryl methyl sites for hydroxylation is 1. The number of carbonyl (C=O) groups excluding carboxylic acids is 1. The fourth-order valence-corrected chi connectivity index (χ4v) is 8.15. The van der Waals surface area contributed by atoms with Crippen molar-refractivity contribution in [3.8, 4) is 11.1 Å². The molecule has 1 aliphatic rings. The van der Waals surface area contributed by atoms with E-state index in [0.717, 1.165) is 27.3 Å². The Morgan fingerprint density at radius 3 is 2.39 bits per heavy atom. The number of furan rings is 1. The fourth-order valence-electron chi connectivity index (χ4n) is 7.24. The lowest BCUT2D eigenvalue weighted by atomic mass is 9.92. The van der Waals surface area contributed by atoms with Gasteiger partial charge in [0.2, 0.25) is 21.8 Å². The molecule has 0 saturated carbocycles. The maximum Gasteiger partial charge on any atom is 0.260 e. The van der Waals surface area contributed by atoms with E-state index < -0.39 is 34.6 Å². The normalized spacial score (nSPS) is 13.6. The van der Waals surface area contributed by atoms with Gasteiger partial charge in [-0.05, 0) is 60.4 Å². The number of sulfonamides is 1. The number of aromatic amines is 1. The van der Waals surface area contributed by atoms with Gasteiger partial charge in [0, 0.05) is 53.6 Å². The Labute approximate surface area is 307 Å². The minimum Gasteiger partial charge on any atom is -0.455 e. The summed E-state index contributed by atoms with van der Waals surface area (Å²) in [6.45, 7) is 1.15. The molecule has 1 N–H and O–H groups in total. The highest BCUT2D eigenvalue weighted by Crippen LogP contribution is 2.41. The zero-order valence-corrected chi connectivity index (χ0v) is 30.0. The third kappa shape index (κ3) is 6.31. The Kier molecular flexibility index (Phi) is 8.84. The number of alkyl halides is 1. The molecule has 11 nitrogen and oxygen atoms in total. The summed E-state index contributed by atoms with van der Waals surface area (Å²) in [6.07, 6.45) is 2.13. The van der Waals surface area contributed by atoms with Crippen LogP contribution in [0.3, 0.4) is 0 Å². The minimum absolute atomic E-state index is 0.107. The van der Waals surface area contributed by atoms with Crippen LogP contribution in [0.2, 0.25) is 0 Å². The van der Waals surface area contributed by atoms with E-state index in [1.165, 1.54) is 24.3 Å².